The van der Waals surface area contributed by atoms with Crippen molar-refractivity contribution >= 4 is 60.7 Å². The average Bonchev–Trinajstić information content (AvgIpc) is 3.16. The number of fused-ring (bicyclic) bond motifs is 5. The molecule has 1 heterocycles. The Balaban J connectivity index is 0.00000186. The molecule has 7 aromatic rings. The molecule has 0 aromatic heterocycles. The van der Waals surface area contributed by atoms with Gasteiger partial charge >= 0.3 is 0 Å². The molecule has 0 fully saturated rings. The van der Waals surface area contributed by atoms with E-state index in [-0.39, 0.29) is 0 Å². The lowest BCUT2D eigenvalue weighted by Gasteiger charge is -2.20. The minimum Gasteiger partial charge on any atom is -0.399 e. The Morgan fingerprint density at radius 2 is 1.16 bits per heavy atom. The normalized spacial score (nSPS) is 13.1. The third-order valence-corrected chi connectivity index (χ3v) is 9.38. The molecule has 0 spiro atoms. The summed E-state index contributed by atoms with van der Waals surface area (Å²) in [5, 5.41) is 7.38. The first kappa shape index (κ1) is 31.6. The first-order valence-corrected chi connectivity index (χ1v) is 17.2. The summed E-state index contributed by atoms with van der Waals surface area (Å²) in [5.41, 5.74) is 17.8. The SMILES string of the molecule is C/C=C(\N)c1ccc2ccc(-c3ccc4c5c(ccc4c3)C(/C=C\C(=C/C)c3ccc4ccccc4c3)=[N+]5c3ccccc3)cc2c1.CC. The van der Waals surface area contributed by atoms with Crippen molar-refractivity contribution in [3.8, 4) is 11.1 Å². The van der Waals surface area contributed by atoms with Crippen LogP contribution in [0.25, 0.3) is 54.7 Å². The van der Waals surface area contributed by atoms with E-state index in [0.717, 1.165) is 16.9 Å². The summed E-state index contributed by atoms with van der Waals surface area (Å²) in [5.74, 6) is 0. The Labute approximate surface area is 289 Å². The van der Waals surface area contributed by atoms with Gasteiger partial charge in [-0.1, -0.05) is 117 Å². The first-order valence-electron chi connectivity index (χ1n) is 17.2. The highest BCUT2D eigenvalue weighted by Crippen LogP contribution is 2.41. The highest BCUT2D eigenvalue weighted by Gasteiger charge is 2.37. The molecule has 0 amide bonds. The number of benzene rings is 7. The van der Waals surface area contributed by atoms with Crippen LogP contribution in [0.15, 0.2) is 164 Å². The van der Waals surface area contributed by atoms with Gasteiger partial charge in [-0.3, -0.25) is 0 Å². The standard InChI is InChI=1S/C45H35N2.C2H6/c1-3-30(34-17-14-31-10-8-9-11-33(31)26-34)22-25-44-42-24-21-37-27-36(20-23-41(37)45(42)47(44)40-12-6-5-7-13-40)35-18-15-32-16-19-38(43(46)4-2)29-39(32)28-35;1-2/h3-29H,46H2,1-2H3;1-2H3/q+1;/b25-22-,30-3+,43-4-;. The van der Waals surface area contributed by atoms with Gasteiger partial charge in [-0.05, 0) is 111 Å². The third kappa shape index (κ3) is 5.87. The van der Waals surface area contributed by atoms with Crippen molar-refractivity contribution in [2.24, 2.45) is 5.73 Å². The summed E-state index contributed by atoms with van der Waals surface area (Å²) in [7, 11) is 0. The molecule has 0 radical (unpaired) electrons. The molecular weight excluding hydrogens is 593 g/mol. The van der Waals surface area contributed by atoms with Crippen molar-refractivity contribution in [3.63, 3.8) is 0 Å². The Morgan fingerprint density at radius 1 is 0.551 bits per heavy atom. The molecule has 1 aliphatic rings. The first-order chi connectivity index (χ1) is 24.1. The number of allylic oxidation sites excluding steroid dienone is 5. The van der Waals surface area contributed by atoms with Gasteiger partial charge in [-0.25, -0.2) is 0 Å². The van der Waals surface area contributed by atoms with Gasteiger partial charge in [0.2, 0.25) is 17.1 Å². The number of hydrogen-bond donors (Lipinski definition) is 1. The molecule has 0 aliphatic carbocycles. The number of nitrogens with two attached hydrogens (primary N) is 1. The summed E-state index contributed by atoms with van der Waals surface area (Å²) in [4.78, 5) is 0. The number of nitrogens with zero attached hydrogens (tertiary/aromatic N) is 1. The predicted molar refractivity (Wildman–Crippen MR) is 215 cm³/mol. The lowest BCUT2D eigenvalue weighted by Crippen LogP contribution is -2.27. The molecule has 0 bridgehead atoms. The summed E-state index contributed by atoms with van der Waals surface area (Å²) < 4.78 is 2.39. The lowest BCUT2D eigenvalue weighted by atomic mass is 9.90. The number of para-hydroxylation sites is 1. The average molecular weight is 634 g/mol. The summed E-state index contributed by atoms with van der Waals surface area (Å²) >= 11 is 0. The van der Waals surface area contributed by atoms with Crippen LogP contribution in [0.4, 0.5) is 11.4 Å². The maximum absolute atomic E-state index is 6.23. The molecule has 2 heteroatoms. The van der Waals surface area contributed by atoms with Gasteiger partial charge in [0.1, 0.15) is 5.56 Å². The lowest BCUT2D eigenvalue weighted by molar-refractivity contribution is 1.05. The Bertz CT molecular complexity index is 2470. The molecule has 0 unspecified atom stereocenters. The maximum Gasteiger partial charge on any atom is 0.233 e. The zero-order valence-electron chi connectivity index (χ0n) is 28.6. The smallest absolute Gasteiger partial charge is 0.233 e. The van der Waals surface area contributed by atoms with Gasteiger partial charge in [0, 0.05) is 23.9 Å². The number of rotatable bonds is 6. The van der Waals surface area contributed by atoms with Crippen LogP contribution in [0.3, 0.4) is 0 Å². The second-order valence-electron chi connectivity index (χ2n) is 12.1. The van der Waals surface area contributed by atoms with Crippen LogP contribution < -0.4 is 10.3 Å². The van der Waals surface area contributed by atoms with E-state index in [1.54, 1.807) is 0 Å². The molecule has 1 aliphatic heterocycles. The van der Waals surface area contributed by atoms with E-state index in [0.29, 0.717) is 0 Å². The fourth-order valence-corrected chi connectivity index (χ4v) is 6.81. The zero-order chi connectivity index (χ0) is 33.9. The minimum absolute atomic E-state index is 0.797. The van der Waals surface area contributed by atoms with Crippen molar-refractivity contribution in [2.75, 3.05) is 0 Å². The van der Waals surface area contributed by atoms with Crippen LogP contribution in [-0.2, 0) is 0 Å². The minimum atomic E-state index is 0.797. The molecule has 8 rings (SSSR count). The Morgan fingerprint density at radius 3 is 1.92 bits per heavy atom. The quantitative estimate of drug-likeness (QED) is 0.143. The van der Waals surface area contributed by atoms with Crippen molar-refractivity contribution in [3.05, 3.63) is 181 Å². The summed E-state index contributed by atoms with van der Waals surface area (Å²) in [6, 6.07) is 50.4. The molecule has 0 saturated carbocycles. The molecule has 0 atom stereocenters. The fraction of sp³-hybridized carbons (Fsp3) is 0.0851. The largest absolute Gasteiger partial charge is 0.399 e. The Kier molecular flexibility index (Phi) is 8.79. The fourth-order valence-electron chi connectivity index (χ4n) is 6.81. The molecule has 2 nitrogen and oxygen atoms in total. The van der Waals surface area contributed by atoms with E-state index in [1.165, 1.54) is 71.5 Å². The topological polar surface area (TPSA) is 29.0 Å². The van der Waals surface area contributed by atoms with Crippen LogP contribution in [-0.4, -0.2) is 5.71 Å². The van der Waals surface area contributed by atoms with Gasteiger partial charge in [-0.15, -0.1) is 0 Å². The van der Waals surface area contributed by atoms with Crippen LogP contribution in [0.5, 0.6) is 0 Å². The van der Waals surface area contributed by atoms with E-state index in [9.17, 15) is 0 Å². The maximum atomic E-state index is 6.23. The molecule has 238 valence electrons. The molecule has 7 aromatic carbocycles. The van der Waals surface area contributed by atoms with E-state index < -0.39 is 0 Å². The van der Waals surface area contributed by atoms with E-state index in [4.69, 9.17) is 5.73 Å². The molecule has 49 heavy (non-hydrogen) atoms. The van der Waals surface area contributed by atoms with Crippen molar-refractivity contribution in [2.45, 2.75) is 27.7 Å². The van der Waals surface area contributed by atoms with Crippen LogP contribution in [0.2, 0.25) is 0 Å². The van der Waals surface area contributed by atoms with Crippen molar-refractivity contribution in [1.29, 1.82) is 0 Å². The van der Waals surface area contributed by atoms with E-state index >= 15 is 0 Å². The highest BCUT2D eigenvalue weighted by molar-refractivity contribution is 6.25. The van der Waals surface area contributed by atoms with E-state index in [2.05, 4.69) is 169 Å². The van der Waals surface area contributed by atoms with Gasteiger partial charge in [0.15, 0.2) is 0 Å². The van der Waals surface area contributed by atoms with Crippen LogP contribution in [0.1, 0.15) is 44.4 Å². The van der Waals surface area contributed by atoms with E-state index in [1.807, 2.05) is 26.8 Å². The monoisotopic (exact) mass is 633 g/mol. The highest BCUT2D eigenvalue weighted by atomic mass is 15.1. The summed E-state index contributed by atoms with van der Waals surface area (Å²) in [6.07, 6.45) is 8.66. The molecule has 0 saturated heterocycles. The van der Waals surface area contributed by atoms with Crippen molar-refractivity contribution < 1.29 is 0 Å². The van der Waals surface area contributed by atoms with Crippen LogP contribution >= 0.6 is 0 Å². The Hall–Kier alpha value is -5.99. The second kappa shape index (κ2) is 13.6. The zero-order valence-corrected chi connectivity index (χ0v) is 28.6. The van der Waals surface area contributed by atoms with Crippen molar-refractivity contribution in [1.82, 2.24) is 4.58 Å². The van der Waals surface area contributed by atoms with Gasteiger partial charge in [0.05, 0.1) is 5.39 Å². The third-order valence-electron chi connectivity index (χ3n) is 9.38. The molecule has 2 N–H and O–H groups in total. The van der Waals surface area contributed by atoms with Gasteiger partial charge < -0.3 is 5.73 Å². The van der Waals surface area contributed by atoms with Gasteiger partial charge in [0.25, 0.3) is 0 Å². The number of hydrogen-bond acceptors (Lipinski definition) is 1. The van der Waals surface area contributed by atoms with Crippen LogP contribution in [0, 0.1) is 0 Å². The summed E-state index contributed by atoms with van der Waals surface area (Å²) in [6.45, 7) is 8.08. The van der Waals surface area contributed by atoms with Gasteiger partial charge in [-0.2, -0.15) is 4.58 Å². The second-order valence-corrected chi connectivity index (χ2v) is 12.1. The molecular formula is C47H41N2+. The predicted octanol–water partition coefficient (Wildman–Crippen LogP) is 12.5.